The fourth-order valence-corrected chi connectivity index (χ4v) is 6.22. The molecule has 5 nitrogen and oxygen atoms in total. The molecule has 0 radical (unpaired) electrons. The van der Waals surface area contributed by atoms with E-state index >= 15 is 0 Å². The zero-order valence-corrected chi connectivity index (χ0v) is 14.6. The predicted molar refractivity (Wildman–Crippen MR) is 89.0 cm³/mol. The Labute approximate surface area is 137 Å². The zero-order valence-electron chi connectivity index (χ0n) is 13.8. The minimum Gasteiger partial charge on any atom is -0.497 e. The van der Waals surface area contributed by atoms with Crippen molar-refractivity contribution in [1.29, 1.82) is 0 Å². The number of nitrogens with one attached hydrogen (secondary N) is 1. The molecule has 0 aliphatic heterocycles. The molecule has 0 unspecified atom stereocenters. The molecule has 2 aliphatic carbocycles. The van der Waals surface area contributed by atoms with Gasteiger partial charge < -0.3 is 4.74 Å². The molecule has 0 amide bonds. The molecule has 1 aromatic carbocycles. The van der Waals surface area contributed by atoms with Crippen LogP contribution in [0.25, 0.3) is 0 Å². The summed E-state index contributed by atoms with van der Waals surface area (Å²) >= 11 is 0. The molecule has 2 aliphatic rings. The first-order valence-electron chi connectivity index (χ1n) is 7.88. The first-order valence-corrected chi connectivity index (χ1v) is 9.53. The predicted octanol–water partition coefficient (Wildman–Crippen LogP) is 2.83. The Morgan fingerprint density at radius 2 is 2.09 bits per heavy atom. The molecular formula is C17H23NO4S. The van der Waals surface area contributed by atoms with Crippen LogP contribution in [0.4, 0.5) is 5.69 Å². The van der Waals surface area contributed by atoms with Gasteiger partial charge in [0.25, 0.3) is 0 Å². The number of carbonyl (C=O) groups is 1. The Balaban J connectivity index is 1.85. The van der Waals surface area contributed by atoms with Crippen LogP contribution in [0.15, 0.2) is 24.3 Å². The van der Waals surface area contributed by atoms with Crippen molar-refractivity contribution in [2.45, 2.75) is 33.1 Å². The van der Waals surface area contributed by atoms with Crippen molar-refractivity contribution in [2.24, 2.45) is 16.7 Å². The number of fused-ring (bicyclic) bond motifs is 2. The van der Waals surface area contributed by atoms with E-state index in [0.717, 1.165) is 6.42 Å². The smallest absolute Gasteiger partial charge is 0.233 e. The number of Topliss-reactive ketones (excluding diaryl/α,β-unsaturated/α-hetero) is 1. The van der Waals surface area contributed by atoms with Gasteiger partial charge in [-0.15, -0.1) is 0 Å². The number of hydrogen-bond donors (Lipinski definition) is 1. The van der Waals surface area contributed by atoms with Gasteiger partial charge in [-0.05, 0) is 36.3 Å². The highest BCUT2D eigenvalue weighted by atomic mass is 32.2. The molecule has 2 saturated carbocycles. The van der Waals surface area contributed by atoms with E-state index in [1.54, 1.807) is 24.3 Å². The molecule has 0 spiro atoms. The van der Waals surface area contributed by atoms with E-state index in [1.807, 2.05) is 13.8 Å². The second-order valence-electron chi connectivity index (χ2n) is 7.26. The average molecular weight is 337 g/mol. The lowest BCUT2D eigenvalue weighted by atomic mass is 9.70. The highest BCUT2D eigenvalue weighted by Gasteiger charge is 2.65. The van der Waals surface area contributed by atoms with Gasteiger partial charge in [0.15, 0.2) is 0 Å². The van der Waals surface area contributed by atoms with Crippen LogP contribution in [0.1, 0.15) is 33.1 Å². The van der Waals surface area contributed by atoms with Crippen LogP contribution in [0.5, 0.6) is 5.75 Å². The fraction of sp³-hybridized carbons (Fsp3) is 0.588. The number of anilines is 1. The van der Waals surface area contributed by atoms with Gasteiger partial charge in [0.05, 0.1) is 24.0 Å². The third-order valence-corrected chi connectivity index (χ3v) is 7.34. The maximum absolute atomic E-state index is 12.7. The second kappa shape index (κ2) is 5.23. The Hall–Kier alpha value is -1.56. The Morgan fingerprint density at radius 3 is 2.65 bits per heavy atom. The fourth-order valence-electron chi connectivity index (χ4n) is 4.33. The molecule has 6 heteroatoms. The molecule has 0 saturated heterocycles. The SMILES string of the molecule is COc1cccc(NS(=O)(=O)C[C@]23CC[C@H](CC2=O)C3(C)C)c1. The quantitative estimate of drug-likeness (QED) is 0.897. The Morgan fingerprint density at radius 1 is 1.35 bits per heavy atom. The van der Waals surface area contributed by atoms with Crippen LogP contribution in [-0.2, 0) is 14.8 Å². The minimum atomic E-state index is -3.62. The van der Waals surface area contributed by atoms with Crippen molar-refractivity contribution in [3.05, 3.63) is 24.3 Å². The third-order valence-electron chi connectivity index (χ3n) is 5.92. The summed E-state index contributed by atoms with van der Waals surface area (Å²) < 4.78 is 33.0. The second-order valence-corrected chi connectivity index (χ2v) is 8.98. The van der Waals surface area contributed by atoms with E-state index in [-0.39, 0.29) is 17.0 Å². The van der Waals surface area contributed by atoms with Gasteiger partial charge in [-0.1, -0.05) is 19.9 Å². The summed E-state index contributed by atoms with van der Waals surface area (Å²) in [6.45, 7) is 4.08. The van der Waals surface area contributed by atoms with Crippen molar-refractivity contribution < 1.29 is 17.9 Å². The minimum absolute atomic E-state index is 0.106. The van der Waals surface area contributed by atoms with Gasteiger partial charge >= 0.3 is 0 Å². The number of rotatable bonds is 5. The topological polar surface area (TPSA) is 72.5 Å². The third kappa shape index (κ3) is 2.53. The van der Waals surface area contributed by atoms with E-state index < -0.39 is 15.4 Å². The van der Waals surface area contributed by atoms with Crippen LogP contribution in [0.3, 0.4) is 0 Å². The van der Waals surface area contributed by atoms with Crippen molar-refractivity contribution in [3.8, 4) is 5.75 Å². The van der Waals surface area contributed by atoms with Crippen molar-refractivity contribution in [1.82, 2.24) is 0 Å². The first-order chi connectivity index (χ1) is 10.7. The summed E-state index contributed by atoms with van der Waals surface area (Å²) in [5.41, 5.74) is -0.547. The number of ketones is 1. The molecule has 2 atom stereocenters. The summed E-state index contributed by atoms with van der Waals surface area (Å²) in [5.74, 6) is 0.859. The van der Waals surface area contributed by atoms with Gasteiger partial charge in [0, 0.05) is 12.5 Å². The number of ether oxygens (including phenoxy) is 1. The van der Waals surface area contributed by atoms with Crippen LogP contribution in [-0.4, -0.2) is 27.1 Å². The van der Waals surface area contributed by atoms with Gasteiger partial charge in [-0.25, -0.2) is 8.42 Å². The number of hydrogen-bond acceptors (Lipinski definition) is 4. The molecule has 2 bridgehead atoms. The zero-order chi connectivity index (χ0) is 16.9. The summed E-state index contributed by atoms with van der Waals surface area (Å²) in [6.07, 6.45) is 2.12. The van der Waals surface area contributed by atoms with E-state index in [4.69, 9.17) is 4.74 Å². The van der Waals surface area contributed by atoms with Gasteiger partial charge in [0.2, 0.25) is 10.0 Å². The molecule has 23 heavy (non-hydrogen) atoms. The number of benzene rings is 1. The normalized spacial score (nSPS) is 28.8. The highest BCUT2D eigenvalue weighted by Crippen LogP contribution is 2.64. The first kappa shape index (κ1) is 16.3. The highest BCUT2D eigenvalue weighted by molar-refractivity contribution is 7.92. The summed E-state index contributed by atoms with van der Waals surface area (Å²) in [6, 6.07) is 6.79. The van der Waals surface area contributed by atoms with Gasteiger partial charge in [-0.3, -0.25) is 9.52 Å². The van der Waals surface area contributed by atoms with Crippen molar-refractivity contribution >= 4 is 21.5 Å². The maximum atomic E-state index is 12.7. The lowest BCUT2D eigenvalue weighted by Gasteiger charge is -2.36. The summed E-state index contributed by atoms with van der Waals surface area (Å²) in [5, 5.41) is 0. The van der Waals surface area contributed by atoms with Crippen molar-refractivity contribution in [3.63, 3.8) is 0 Å². The van der Waals surface area contributed by atoms with Crippen LogP contribution in [0, 0.1) is 16.7 Å². The van der Waals surface area contributed by atoms with Crippen LogP contribution < -0.4 is 9.46 Å². The number of carbonyl (C=O) groups excluding carboxylic acids is 1. The molecule has 1 aromatic rings. The molecule has 3 rings (SSSR count). The van der Waals surface area contributed by atoms with E-state index in [1.165, 1.54) is 7.11 Å². The standard InChI is InChI=1S/C17H23NO4S/c1-16(2)12-7-8-17(16,15(19)9-12)11-23(20,21)18-13-5-4-6-14(10-13)22-3/h4-6,10,12,18H,7-9,11H2,1-3H3/t12-,17-/m1/s1. The molecule has 0 heterocycles. The molecule has 2 fully saturated rings. The summed E-state index contributed by atoms with van der Waals surface area (Å²) in [4.78, 5) is 12.5. The van der Waals surface area contributed by atoms with Gasteiger partial charge in [0.1, 0.15) is 11.5 Å². The lowest BCUT2D eigenvalue weighted by molar-refractivity contribution is -0.128. The van der Waals surface area contributed by atoms with Crippen molar-refractivity contribution in [2.75, 3.05) is 17.6 Å². The number of sulfonamides is 1. The average Bonchev–Trinajstić information content (AvgIpc) is 2.80. The number of methoxy groups -OCH3 is 1. The maximum Gasteiger partial charge on any atom is 0.233 e. The van der Waals surface area contributed by atoms with Crippen LogP contribution in [0.2, 0.25) is 0 Å². The van der Waals surface area contributed by atoms with E-state index in [0.29, 0.717) is 30.2 Å². The van der Waals surface area contributed by atoms with E-state index in [9.17, 15) is 13.2 Å². The van der Waals surface area contributed by atoms with Crippen LogP contribution >= 0.6 is 0 Å². The molecule has 126 valence electrons. The largest absolute Gasteiger partial charge is 0.497 e. The molecule has 1 N–H and O–H groups in total. The van der Waals surface area contributed by atoms with Gasteiger partial charge in [-0.2, -0.15) is 0 Å². The van der Waals surface area contributed by atoms with E-state index in [2.05, 4.69) is 4.72 Å². The lowest BCUT2D eigenvalue weighted by Crippen LogP contribution is -2.43. The Bertz CT molecular complexity index is 741. The molecular weight excluding hydrogens is 314 g/mol. The summed E-state index contributed by atoms with van der Waals surface area (Å²) in [7, 11) is -2.08. The monoisotopic (exact) mass is 337 g/mol. The Kier molecular flexibility index (Phi) is 3.71. The molecule has 0 aromatic heterocycles.